The number of nitrogens with one attached hydrogen (secondary N) is 2. The largest absolute Gasteiger partial charge is 0.326 e. The van der Waals surface area contributed by atoms with E-state index < -0.39 is 5.91 Å². The first-order valence-electron chi connectivity index (χ1n) is 6.55. The second-order valence-corrected chi connectivity index (χ2v) is 6.07. The van der Waals surface area contributed by atoms with Crippen LogP contribution in [0.4, 0.5) is 11.4 Å². The number of carbonyl (C=O) groups excluding carboxylic acids is 2. The van der Waals surface area contributed by atoms with Crippen LogP contribution < -0.4 is 10.6 Å². The van der Waals surface area contributed by atoms with Crippen molar-refractivity contribution < 1.29 is 9.59 Å². The predicted octanol–water partition coefficient (Wildman–Crippen LogP) is 4.38. The van der Waals surface area contributed by atoms with E-state index in [0.717, 1.165) is 10.0 Å². The highest BCUT2D eigenvalue weighted by atomic mass is 79.9. The number of amides is 2. The van der Waals surface area contributed by atoms with Gasteiger partial charge < -0.3 is 10.6 Å². The summed E-state index contributed by atoms with van der Waals surface area (Å²) < 4.78 is 0.851. The second-order valence-electron chi connectivity index (χ2n) is 4.75. The topological polar surface area (TPSA) is 58.2 Å². The van der Waals surface area contributed by atoms with E-state index >= 15 is 0 Å². The molecule has 2 amide bonds. The minimum atomic E-state index is -0.396. The minimum absolute atomic E-state index is 0.266. The van der Waals surface area contributed by atoms with Crippen molar-refractivity contribution >= 4 is 50.7 Å². The van der Waals surface area contributed by atoms with Gasteiger partial charge >= 0.3 is 0 Å². The van der Waals surface area contributed by atoms with Crippen molar-refractivity contribution in [2.24, 2.45) is 0 Å². The average molecular weight is 382 g/mol. The third kappa shape index (κ3) is 4.86. The maximum absolute atomic E-state index is 11.9. The summed E-state index contributed by atoms with van der Waals surface area (Å²) in [6.45, 7) is 1.87. The van der Waals surface area contributed by atoms with E-state index in [-0.39, 0.29) is 12.3 Å². The van der Waals surface area contributed by atoms with Crippen molar-refractivity contribution in [3.8, 4) is 0 Å². The zero-order valence-corrected chi connectivity index (χ0v) is 14.2. The Labute approximate surface area is 142 Å². The molecule has 0 fully saturated rings. The molecule has 0 aromatic heterocycles. The summed E-state index contributed by atoms with van der Waals surface area (Å²) in [7, 11) is 0. The molecule has 0 bridgehead atoms. The van der Waals surface area contributed by atoms with Gasteiger partial charge in [0.15, 0.2) is 0 Å². The molecular formula is C16H14BrClN2O2. The third-order valence-corrected chi connectivity index (χ3v) is 3.79. The number of halogens is 2. The molecule has 0 radical (unpaired) electrons. The molecule has 114 valence electrons. The lowest BCUT2D eigenvalue weighted by Crippen LogP contribution is -2.21. The lowest BCUT2D eigenvalue weighted by molar-refractivity contribution is -0.123. The molecule has 0 saturated heterocycles. The number of rotatable bonds is 4. The van der Waals surface area contributed by atoms with E-state index in [1.165, 1.54) is 0 Å². The molecule has 2 N–H and O–H groups in total. The molecule has 0 aliphatic carbocycles. The van der Waals surface area contributed by atoms with Crippen LogP contribution in [0.15, 0.2) is 46.9 Å². The summed E-state index contributed by atoms with van der Waals surface area (Å²) in [6.07, 6.45) is -0.266. The van der Waals surface area contributed by atoms with E-state index in [4.69, 9.17) is 11.6 Å². The highest BCUT2D eigenvalue weighted by Gasteiger charge is 2.10. The van der Waals surface area contributed by atoms with E-state index in [2.05, 4.69) is 26.6 Å². The maximum atomic E-state index is 11.9. The fraction of sp³-hybridized carbons (Fsp3) is 0.125. The molecule has 0 unspecified atom stereocenters. The lowest BCUT2D eigenvalue weighted by atomic mass is 10.2. The summed E-state index contributed by atoms with van der Waals surface area (Å²) in [4.78, 5) is 23.7. The highest BCUT2D eigenvalue weighted by Crippen LogP contribution is 2.20. The summed E-state index contributed by atoms with van der Waals surface area (Å²) in [5.41, 5.74) is 2.12. The standard InChI is InChI=1S/C16H14BrClN2O2/c1-10-5-6-13(8-14(10)18)20-16(22)9-15(21)19-12-4-2-3-11(17)7-12/h2-8H,9H2,1H3,(H,19,21)(H,20,22). The Bertz CT molecular complexity index is 719. The van der Waals surface area contributed by atoms with Crippen molar-refractivity contribution in [3.63, 3.8) is 0 Å². The Morgan fingerprint density at radius 2 is 1.68 bits per heavy atom. The SMILES string of the molecule is Cc1ccc(NC(=O)CC(=O)Nc2cccc(Br)c2)cc1Cl. The van der Waals surface area contributed by atoms with Gasteiger partial charge in [0.2, 0.25) is 11.8 Å². The van der Waals surface area contributed by atoms with Gasteiger partial charge in [-0.3, -0.25) is 9.59 Å². The van der Waals surface area contributed by atoms with E-state index in [9.17, 15) is 9.59 Å². The van der Waals surface area contributed by atoms with Crippen molar-refractivity contribution in [3.05, 3.63) is 57.5 Å². The van der Waals surface area contributed by atoms with Crippen LogP contribution in [0.1, 0.15) is 12.0 Å². The average Bonchev–Trinajstić information content (AvgIpc) is 2.42. The van der Waals surface area contributed by atoms with Crippen LogP contribution in [0.5, 0.6) is 0 Å². The molecule has 22 heavy (non-hydrogen) atoms. The van der Waals surface area contributed by atoms with Crippen molar-refractivity contribution in [1.29, 1.82) is 0 Å². The van der Waals surface area contributed by atoms with Crippen molar-refractivity contribution in [1.82, 2.24) is 0 Å². The van der Waals surface area contributed by atoms with Crippen molar-refractivity contribution in [2.45, 2.75) is 13.3 Å². The van der Waals surface area contributed by atoms with Crippen LogP contribution in [0, 0.1) is 6.92 Å². The van der Waals surface area contributed by atoms with Crippen LogP contribution in [-0.4, -0.2) is 11.8 Å². The molecule has 0 atom stereocenters. The lowest BCUT2D eigenvalue weighted by Gasteiger charge is -2.08. The first-order chi connectivity index (χ1) is 10.4. The summed E-state index contributed by atoms with van der Waals surface area (Å²) in [5.74, 6) is -0.777. The fourth-order valence-electron chi connectivity index (χ4n) is 1.79. The van der Waals surface area contributed by atoms with Gasteiger partial charge in [-0.05, 0) is 42.8 Å². The number of carbonyl (C=O) groups is 2. The smallest absolute Gasteiger partial charge is 0.233 e. The first kappa shape index (κ1) is 16.5. The summed E-state index contributed by atoms with van der Waals surface area (Å²) in [5, 5.41) is 5.87. The summed E-state index contributed by atoms with van der Waals surface area (Å²) in [6, 6.07) is 12.4. The van der Waals surface area contributed by atoms with Gasteiger partial charge in [-0.25, -0.2) is 0 Å². The van der Waals surface area contributed by atoms with Gasteiger partial charge in [0.05, 0.1) is 0 Å². The number of hydrogen-bond acceptors (Lipinski definition) is 2. The first-order valence-corrected chi connectivity index (χ1v) is 7.72. The predicted molar refractivity (Wildman–Crippen MR) is 92.2 cm³/mol. The van der Waals surface area contributed by atoms with Crippen LogP contribution in [0.2, 0.25) is 5.02 Å². The molecule has 6 heteroatoms. The summed E-state index contributed by atoms with van der Waals surface area (Å²) >= 11 is 9.31. The van der Waals surface area contributed by atoms with Gasteiger partial charge in [-0.15, -0.1) is 0 Å². The third-order valence-electron chi connectivity index (χ3n) is 2.89. The molecule has 2 rings (SSSR count). The molecule has 0 heterocycles. The quantitative estimate of drug-likeness (QED) is 0.772. The molecule has 0 aliphatic heterocycles. The molecular weight excluding hydrogens is 368 g/mol. The fourth-order valence-corrected chi connectivity index (χ4v) is 2.37. The van der Waals surface area contributed by atoms with E-state index in [1.54, 1.807) is 36.4 Å². The maximum Gasteiger partial charge on any atom is 0.233 e. The van der Waals surface area contributed by atoms with E-state index in [1.807, 2.05) is 13.0 Å². The molecule has 0 aliphatic rings. The van der Waals surface area contributed by atoms with Gasteiger partial charge in [0, 0.05) is 20.9 Å². The van der Waals surface area contributed by atoms with Crippen LogP contribution in [-0.2, 0) is 9.59 Å². The zero-order chi connectivity index (χ0) is 16.1. The molecule has 4 nitrogen and oxygen atoms in total. The number of aryl methyl sites for hydroxylation is 1. The zero-order valence-electron chi connectivity index (χ0n) is 11.8. The second kappa shape index (κ2) is 7.42. The Hall–Kier alpha value is -1.85. The normalized spacial score (nSPS) is 10.1. The molecule has 2 aromatic carbocycles. The Morgan fingerprint density at radius 3 is 2.27 bits per heavy atom. The van der Waals surface area contributed by atoms with Gasteiger partial charge in [0.25, 0.3) is 0 Å². The van der Waals surface area contributed by atoms with Crippen LogP contribution in [0.25, 0.3) is 0 Å². The number of anilines is 2. The number of hydrogen-bond donors (Lipinski definition) is 2. The molecule has 2 aromatic rings. The van der Waals surface area contributed by atoms with Gasteiger partial charge in [-0.2, -0.15) is 0 Å². The number of benzene rings is 2. The van der Waals surface area contributed by atoms with Gasteiger partial charge in [-0.1, -0.05) is 39.7 Å². The van der Waals surface area contributed by atoms with Gasteiger partial charge in [0.1, 0.15) is 6.42 Å². The minimum Gasteiger partial charge on any atom is -0.326 e. The van der Waals surface area contributed by atoms with Crippen LogP contribution >= 0.6 is 27.5 Å². The van der Waals surface area contributed by atoms with Crippen LogP contribution in [0.3, 0.4) is 0 Å². The Balaban J connectivity index is 1.91. The highest BCUT2D eigenvalue weighted by molar-refractivity contribution is 9.10. The Kier molecular flexibility index (Phi) is 5.57. The Morgan fingerprint density at radius 1 is 1.05 bits per heavy atom. The van der Waals surface area contributed by atoms with Crippen molar-refractivity contribution in [2.75, 3.05) is 10.6 Å². The molecule has 0 saturated carbocycles. The van der Waals surface area contributed by atoms with E-state index in [0.29, 0.717) is 16.4 Å². The molecule has 0 spiro atoms. The monoisotopic (exact) mass is 380 g/mol.